The number of rotatable bonds is 3. The third-order valence-corrected chi connectivity index (χ3v) is 4.34. The van der Waals surface area contributed by atoms with Crippen molar-refractivity contribution in [2.24, 2.45) is 0 Å². The molecule has 2 aliphatic heterocycles. The number of amides is 2. The Kier molecular flexibility index (Phi) is 3.78. The highest BCUT2D eigenvalue weighted by Crippen LogP contribution is 2.26. The van der Waals surface area contributed by atoms with Gasteiger partial charge in [0.2, 0.25) is 11.8 Å². The van der Waals surface area contributed by atoms with E-state index in [9.17, 15) is 9.59 Å². The maximum absolute atomic E-state index is 12.5. The molecule has 1 aromatic rings. The minimum atomic E-state index is -0.354. The van der Waals surface area contributed by atoms with E-state index in [1.54, 1.807) is 9.80 Å². The predicted octanol–water partition coefficient (Wildman–Crippen LogP) is 1.92. The van der Waals surface area contributed by atoms with Gasteiger partial charge in [-0.25, -0.2) is 0 Å². The average molecular weight is 284 g/mol. The average Bonchev–Trinajstić information content (AvgIpc) is 2.99. The van der Waals surface area contributed by atoms with Gasteiger partial charge >= 0.3 is 0 Å². The number of fused-ring (bicyclic) bond motifs is 1. The predicted molar refractivity (Wildman–Crippen MR) is 81.4 cm³/mol. The lowest BCUT2D eigenvalue weighted by molar-refractivity contribution is -0.157. The molecule has 0 aromatic heterocycles. The number of piperazine rings is 1. The van der Waals surface area contributed by atoms with E-state index in [0.717, 1.165) is 24.9 Å². The third-order valence-electron chi connectivity index (χ3n) is 4.34. The first-order valence-electron chi connectivity index (χ1n) is 7.51. The SMILES string of the molecule is C[C@H]1C(=O)N2CCC[C@@H]2C(=O)N1CC=Cc1ccccc1. The van der Waals surface area contributed by atoms with Crippen LogP contribution in [0.4, 0.5) is 0 Å². The molecule has 1 aromatic carbocycles. The molecule has 2 aliphatic rings. The number of benzene rings is 1. The Bertz CT molecular complexity index is 567. The lowest BCUT2D eigenvalue weighted by Crippen LogP contribution is -2.61. The normalized spacial score (nSPS) is 25.8. The second-order valence-electron chi connectivity index (χ2n) is 5.67. The smallest absolute Gasteiger partial charge is 0.246 e. The Morgan fingerprint density at radius 1 is 1.19 bits per heavy atom. The first-order valence-corrected chi connectivity index (χ1v) is 7.51. The Morgan fingerprint density at radius 3 is 2.71 bits per heavy atom. The summed E-state index contributed by atoms with van der Waals surface area (Å²) in [6, 6.07) is 9.39. The summed E-state index contributed by atoms with van der Waals surface area (Å²) in [6.45, 7) is 3.05. The largest absolute Gasteiger partial charge is 0.329 e. The summed E-state index contributed by atoms with van der Waals surface area (Å²) in [5.41, 5.74) is 1.10. The quantitative estimate of drug-likeness (QED) is 0.851. The molecule has 0 saturated carbocycles. The number of carbonyl (C=O) groups is 2. The van der Waals surface area contributed by atoms with Gasteiger partial charge < -0.3 is 9.80 Å². The molecule has 3 rings (SSSR count). The molecule has 110 valence electrons. The van der Waals surface area contributed by atoms with Gasteiger partial charge in [0.1, 0.15) is 12.1 Å². The summed E-state index contributed by atoms with van der Waals surface area (Å²) in [6.07, 6.45) is 5.69. The Hall–Kier alpha value is -2.10. The highest BCUT2D eigenvalue weighted by atomic mass is 16.2. The fraction of sp³-hybridized carbons (Fsp3) is 0.412. The molecule has 21 heavy (non-hydrogen) atoms. The van der Waals surface area contributed by atoms with Crippen LogP contribution in [0, 0.1) is 0 Å². The first-order chi connectivity index (χ1) is 10.2. The van der Waals surface area contributed by atoms with Gasteiger partial charge in [0.05, 0.1) is 0 Å². The monoisotopic (exact) mass is 284 g/mol. The van der Waals surface area contributed by atoms with E-state index in [1.807, 2.05) is 49.4 Å². The van der Waals surface area contributed by atoms with Gasteiger partial charge in [-0.05, 0) is 25.3 Å². The van der Waals surface area contributed by atoms with Gasteiger partial charge in [-0.15, -0.1) is 0 Å². The Balaban J connectivity index is 1.71. The topological polar surface area (TPSA) is 40.6 Å². The minimum absolute atomic E-state index is 0.0882. The Morgan fingerprint density at radius 2 is 1.95 bits per heavy atom. The highest BCUT2D eigenvalue weighted by Gasteiger charge is 2.45. The van der Waals surface area contributed by atoms with Crippen molar-refractivity contribution in [1.82, 2.24) is 9.80 Å². The summed E-state index contributed by atoms with van der Waals surface area (Å²) in [5, 5.41) is 0. The van der Waals surface area contributed by atoms with E-state index in [1.165, 1.54) is 0 Å². The van der Waals surface area contributed by atoms with E-state index in [4.69, 9.17) is 0 Å². The van der Waals surface area contributed by atoms with Crippen molar-refractivity contribution in [1.29, 1.82) is 0 Å². The first kappa shape index (κ1) is 13.9. The van der Waals surface area contributed by atoms with Gasteiger partial charge in [0.25, 0.3) is 0 Å². The standard InChI is InChI=1S/C17H20N2O2/c1-13-16(20)19-12-6-10-15(19)17(21)18(13)11-5-9-14-7-3-2-4-8-14/h2-5,7-9,13,15H,6,10-12H2,1H3/t13-,15+/m0/s1. The Labute approximate surface area is 125 Å². The van der Waals surface area contributed by atoms with Gasteiger partial charge in [-0.2, -0.15) is 0 Å². The lowest BCUT2D eigenvalue weighted by atomic mass is 10.1. The van der Waals surface area contributed by atoms with Crippen molar-refractivity contribution in [3.8, 4) is 0 Å². The second-order valence-corrected chi connectivity index (χ2v) is 5.67. The van der Waals surface area contributed by atoms with Crippen molar-refractivity contribution in [2.45, 2.75) is 31.8 Å². The van der Waals surface area contributed by atoms with E-state index >= 15 is 0 Å². The zero-order valence-electron chi connectivity index (χ0n) is 12.2. The molecule has 2 heterocycles. The highest BCUT2D eigenvalue weighted by molar-refractivity contribution is 5.97. The molecule has 4 nitrogen and oxygen atoms in total. The van der Waals surface area contributed by atoms with Crippen LogP contribution in [0.25, 0.3) is 6.08 Å². The van der Waals surface area contributed by atoms with Crippen molar-refractivity contribution in [3.05, 3.63) is 42.0 Å². The minimum Gasteiger partial charge on any atom is -0.329 e. The number of hydrogen-bond donors (Lipinski definition) is 0. The van der Waals surface area contributed by atoms with Crippen LogP contribution >= 0.6 is 0 Å². The summed E-state index contributed by atoms with van der Waals surface area (Å²) in [7, 11) is 0. The van der Waals surface area contributed by atoms with Crippen molar-refractivity contribution < 1.29 is 9.59 Å². The van der Waals surface area contributed by atoms with Crippen LogP contribution in [0.5, 0.6) is 0 Å². The molecule has 0 radical (unpaired) electrons. The molecule has 2 atom stereocenters. The van der Waals surface area contributed by atoms with E-state index < -0.39 is 0 Å². The summed E-state index contributed by atoms with van der Waals surface area (Å²) >= 11 is 0. The molecule has 2 saturated heterocycles. The van der Waals surface area contributed by atoms with Crippen LogP contribution in [0.15, 0.2) is 36.4 Å². The fourth-order valence-corrected chi connectivity index (χ4v) is 3.16. The molecule has 2 fully saturated rings. The van der Waals surface area contributed by atoms with Gasteiger partial charge in [-0.1, -0.05) is 42.5 Å². The van der Waals surface area contributed by atoms with E-state index in [0.29, 0.717) is 6.54 Å². The number of carbonyl (C=O) groups excluding carboxylic acids is 2. The van der Waals surface area contributed by atoms with Crippen LogP contribution < -0.4 is 0 Å². The molecule has 0 aliphatic carbocycles. The fourth-order valence-electron chi connectivity index (χ4n) is 3.16. The van der Waals surface area contributed by atoms with E-state index in [2.05, 4.69) is 0 Å². The maximum Gasteiger partial charge on any atom is 0.246 e. The molecule has 0 spiro atoms. The third kappa shape index (κ3) is 2.58. The maximum atomic E-state index is 12.5. The molecule has 2 amide bonds. The van der Waals surface area contributed by atoms with Crippen molar-refractivity contribution in [3.63, 3.8) is 0 Å². The van der Waals surface area contributed by atoms with Gasteiger partial charge in [0, 0.05) is 13.1 Å². The molecular weight excluding hydrogens is 264 g/mol. The number of hydrogen-bond acceptors (Lipinski definition) is 2. The second kappa shape index (κ2) is 5.72. The van der Waals surface area contributed by atoms with Crippen LogP contribution in [0.2, 0.25) is 0 Å². The van der Waals surface area contributed by atoms with E-state index in [-0.39, 0.29) is 23.9 Å². The van der Waals surface area contributed by atoms with Gasteiger partial charge in [-0.3, -0.25) is 9.59 Å². The van der Waals surface area contributed by atoms with Gasteiger partial charge in [0.15, 0.2) is 0 Å². The van der Waals surface area contributed by atoms with Crippen molar-refractivity contribution in [2.75, 3.05) is 13.1 Å². The van der Waals surface area contributed by atoms with Crippen molar-refractivity contribution >= 4 is 17.9 Å². The van der Waals surface area contributed by atoms with Crippen LogP contribution in [0.1, 0.15) is 25.3 Å². The summed E-state index contributed by atoms with van der Waals surface area (Å²) in [4.78, 5) is 28.3. The zero-order chi connectivity index (χ0) is 14.8. The van der Waals surface area contributed by atoms with Crippen LogP contribution in [-0.2, 0) is 9.59 Å². The lowest BCUT2D eigenvalue weighted by Gasteiger charge is -2.40. The molecule has 0 N–H and O–H groups in total. The van der Waals surface area contributed by atoms with Crippen LogP contribution in [0.3, 0.4) is 0 Å². The summed E-state index contributed by atoms with van der Waals surface area (Å²) < 4.78 is 0. The number of nitrogens with zero attached hydrogens (tertiary/aromatic N) is 2. The molecule has 0 bridgehead atoms. The molecule has 0 unspecified atom stereocenters. The summed E-state index contributed by atoms with van der Waals surface area (Å²) in [5.74, 6) is 0.183. The zero-order valence-corrected chi connectivity index (χ0v) is 12.2. The molecular formula is C17H20N2O2. The van der Waals surface area contributed by atoms with Crippen LogP contribution in [-0.4, -0.2) is 46.8 Å². The molecule has 4 heteroatoms.